The first kappa shape index (κ1) is 15.4. The second-order valence-corrected chi connectivity index (χ2v) is 11.8. The largest absolute Gasteiger partial charge is 0.274 e. The Balaban J connectivity index is 2.77. The van der Waals surface area contributed by atoms with Crippen molar-refractivity contribution in [2.75, 3.05) is 12.5 Å². The topological polar surface area (TPSA) is 17.1 Å². The van der Waals surface area contributed by atoms with Gasteiger partial charge in [-0.05, 0) is 84.6 Å². The van der Waals surface area contributed by atoms with Crippen molar-refractivity contribution in [3.63, 3.8) is 0 Å². The lowest BCUT2D eigenvalue weighted by Crippen LogP contribution is -2.30. The highest BCUT2D eigenvalue weighted by Gasteiger charge is 2.33. The number of halogens is 3. The molecular formula is C14H13Br3OS. The minimum absolute atomic E-state index is 0.804. The van der Waals surface area contributed by atoms with Crippen LogP contribution in [0.3, 0.4) is 0 Å². The standard InChI is InChI=1S/C14H13Br3OS/c1-19(2,18,10-6-4-3-5-7-10)12-9-8-11(15)13(16)14(12)17/h3-9H,1-2H3. The molecule has 0 aliphatic carbocycles. The minimum atomic E-state index is -3.11. The summed E-state index contributed by atoms with van der Waals surface area (Å²) in [5.74, 6) is 0. The van der Waals surface area contributed by atoms with Gasteiger partial charge >= 0.3 is 0 Å². The zero-order valence-electron chi connectivity index (χ0n) is 10.5. The molecule has 19 heavy (non-hydrogen) atoms. The van der Waals surface area contributed by atoms with Gasteiger partial charge in [-0.1, -0.05) is 27.3 Å². The van der Waals surface area contributed by atoms with Crippen molar-refractivity contribution in [2.24, 2.45) is 0 Å². The molecular weight excluding hydrogens is 456 g/mol. The van der Waals surface area contributed by atoms with Crippen LogP contribution >= 0.6 is 47.8 Å². The van der Waals surface area contributed by atoms with Gasteiger partial charge in [0.05, 0.1) is 0 Å². The summed E-state index contributed by atoms with van der Waals surface area (Å²) in [4.78, 5) is 1.65. The molecule has 0 aromatic heterocycles. The molecule has 0 amide bonds. The van der Waals surface area contributed by atoms with E-state index in [0.29, 0.717) is 0 Å². The van der Waals surface area contributed by atoms with E-state index in [4.69, 9.17) is 0 Å². The van der Waals surface area contributed by atoms with Crippen LogP contribution in [0.25, 0.3) is 0 Å². The average Bonchev–Trinajstić information content (AvgIpc) is 2.36. The second kappa shape index (κ2) is 5.10. The fourth-order valence-electron chi connectivity index (χ4n) is 1.91. The quantitative estimate of drug-likeness (QED) is 0.534. The van der Waals surface area contributed by atoms with Crippen molar-refractivity contribution >= 4 is 56.9 Å². The smallest absolute Gasteiger partial charge is 0.0476 e. The van der Waals surface area contributed by atoms with Crippen molar-refractivity contribution < 1.29 is 4.21 Å². The summed E-state index contributed by atoms with van der Waals surface area (Å²) in [7, 11) is -3.11. The number of rotatable bonds is 2. The van der Waals surface area contributed by atoms with Gasteiger partial charge in [0, 0.05) is 23.2 Å². The molecule has 0 bridgehead atoms. The summed E-state index contributed by atoms with van der Waals surface area (Å²) in [5.41, 5.74) is 0. The Bertz CT molecular complexity index is 689. The van der Waals surface area contributed by atoms with Gasteiger partial charge in [-0.3, -0.25) is 4.21 Å². The first-order valence-electron chi connectivity index (χ1n) is 5.53. The molecule has 2 aromatic carbocycles. The Kier molecular flexibility index (Phi) is 4.14. The first-order chi connectivity index (χ1) is 8.72. The van der Waals surface area contributed by atoms with E-state index in [-0.39, 0.29) is 0 Å². The summed E-state index contributed by atoms with van der Waals surface area (Å²) >= 11 is 10.5. The molecule has 0 aliphatic heterocycles. The summed E-state index contributed by atoms with van der Waals surface area (Å²) in [5, 5.41) is 0. The highest BCUT2D eigenvalue weighted by Crippen LogP contribution is 2.46. The van der Waals surface area contributed by atoms with E-state index < -0.39 is 9.07 Å². The third-order valence-electron chi connectivity index (χ3n) is 3.07. The van der Waals surface area contributed by atoms with Crippen LogP contribution in [0.15, 0.2) is 65.7 Å². The molecule has 0 atom stereocenters. The zero-order chi connectivity index (χ0) is 14.3. The molecule has 0 heterocycles. The van der Waals surface area contributed by atoms with Gasteiger partial charge in [-0.25, -0.2) is 0 Å². The third kappa shape index (κ3) is 2.75. The Labute approximate surface area is 138 Å². The number of benzene rings is 2. The lowest BCUT2D eigenvalue weighted by Gasteiger charge is -2.36. The lowest BCUT2D eigenvalue weighted by atomic mass is 10.4. The Morgan fingerprint density at radius 3 is 2.00 bits per heavy atom. The molecule has 0 N–H and O–H groups in total. The van der Waals surface area contributed by atoms with E-state index in [1.54, 1.807) is 0 Å². The summed E-state index contributed by atoms with van der Waals surface area (Å²) in [6.45, 7) is 0. The summed E-state index contributed by atoms with van der Waals surface area (Å²) in [6, 6.07) is 13.4. The molecule has 0 saturated heterocycles. The maximum atomic E-state index is 13.6. The molecule has 2 rings (SSSR count). The van der Waals surface area contributed by atoms with E-state index in [1.165, 1.54) is 0 Å². The maximum absolute atomic E-state index is 13.6. The number of hydrogen-bond donors (Lipinski definition) is 0. The fourth-order valence-corrected chi connectivity index (χ4v) is 7.03. The van der Waals surface area contributed by atoms with E-state index in [9.17, 15) is 4.21 Å². The second-order valence-electron chi connectivity index (χ2n) is 4.81. The highest BCUT2D eigenvalue weighted by atomic mass is 79.9. The van der Waals surface area contributed by atoms with Gasteiger partial charge < -0.3 is 0 Å². The van der Waals surface area contributed by atoms with Crippen molar-refractivity contribution in [3.05, 3.63) is 55.9 Å². The molecule has 0 aliphatic rings. The van der Waals surface area contributed by atoms with Crippen LogP contribution in [-0.4, -0.2) is 16.7 Å². The van der Waals surface area contributed by atoms with Gasteiger partial charge in [0.15, 0.2) is 0 Å². The van der Waals surface area contributed by atoms with E-state index >= 15 is 0 Å². The maximum Gasteiger partial charge on any atom is 0.0476 e. The SMILES string of the molecule is CS(C)(=O)(c1ccccc1)c1ccc(Br)c(Br)c1Br. The predicted octanol–water partition coefficient (Wildman–Crippen LogP) is 5.47. The van der Waals surface area contributed by atoms with Crippen LogP contribution in [0.1, 0.15) is 0 Å². The first-order valence-corrected chi connectivity index (χ1v) is 10.7. The number of hydrogen-bond acceptors (Lipinski definition) is 1. The van der Waals surface area contributed by atoms with Crippen LogP contribution in [-0.2, 0) is 9.07 Å². The molecule has 1 nitrogen and oxygen atoms in total. The molecule has 0 spiro atoms. The van der Waals surface area contributed by atoms with Gasteiger partial charge in [0.2, 0.25) is 0 Å². The third-order valence-corrected chi connectivity index (χ3v) is 9.97. The normalized spacial score (nSPS) is 13.8. The molecule has 2 aromatic rings. The van der Waals surface area contributed by atoms with Crippen molar-refractivity contribution in [1.29, 1.82) is 0 Å². The van der Waals surface area contributed by atoms with E-state index in [2.05, 4.69) is 47.8 Å². The van der Waals surface area contributed by atoms with Gasteiger partial charge in [-0.2, -0.15) is 0 Å². The van der Waals surface area contributed by atoms with Crippen molar-refractivity contribution in [3.8, 4) is 0 Å². The molecule has 0 radical (unpaired) electrons. The van der Waals surface area contributed by atoms with Crippen molar-refractivity contribution in [1.82, 2.24) is 0 Å². The van der Waals surface area contributed by atoms with E-state index in [0.717, 1.165) is 23.2 Å². The molecule has 102 valence electrons. The van der Waals surface area contributed by atoms with Gasteiger partial charge in [0.25, 0.3) is 0 Å². The zero-order valence-corrected chi connectivity index (χ0v) is 16.1. The Hall–Kier alpha value is 0.0300. The monoisotopic (exact) mass is 466 g/mol. The van der Waals surface area contributed by atoms with Crippen LogP contribution in [0.4, 0.5) is 0 Å². The predicted molar refractivity (Wildman–Crippen MR) is 92.5 cm³/mol. The molecule has 0 saturated carbocycles. The van der Waals surface area contributed by atoms with Crippen LogP contribution in [0.5, 0.6) is 0 Å². The van der Waals surface area contributed by atoms with Crippen molar-refractivity contribution in [2.45, 2.75) is 9.79 Å². The fraction of sp³-hybridized carbons (Fsp3) is 0.143. The molecule has 0 unspecified atom stereocenters. The summed E-state index contributed by atoms with van der Waals surface area (Å²) < 4.78 is 16.2. The summed E-state index contributed by atoms with van der Waals surface area (Å²) in [6.07, 6.45) is 3.62. The minimum Gasteiger partial charge on any atom is -0.274 e. The van der Waals surface area contributed by atoms with E-state index in [1.807, 2.05) is 55.0 Å². The lowest BCUT2D eigenvalue weighted by molar-refractivity contribution is 0.663. The Morgan fingerprint density at radius 2 is 1.42 bits per heavy atom. The molecule has 5 heteroatoms. The van der Waals surface area contributed by atoms with Crippen LogP contribution in [0, 0.1) is 0 Å². The average molecular weight is 469 g/mol. The molecule has 0 fully saturated rings. The van der Waals surface area contributed by atoms with Gasteiger partial charge in [0.1, 0.15) is 0 Å². The van der Waals surface area contributed by atoms with Crippen LogP contribution < -0.4 is 0 Å². The highest BCUT2D eigenvalue weighted by molar-refractivity contribution is 9.14. The van der Waals surface area contributed by atoms with Gasteiger partial charge in [-0.15, -0.1) is 0 Å². The Morgan fingerprint density at radius 1 is 0.842 bits per heavy atom. The van der Waals surface area contributed by atoms with Crippen LogP contribution in [0.2, 0.25) is 0 Å².